The van der Waals surface area contributed by atoms with Gasteiger partial charge in [-0.15, -0.1) is 0 Å². The van der Waals surface area contributed by atoms with Crippen molar-refractivity contribution in [1.29, 1.82) is 0 Å². The Kier molecular flexibility index (Phi) is 4.19. The second kappa shape index (κ2) is 5.27. The number of nitrogens with two attached hydrogens (primary N) is 1. The van der Waals surface area contributed by atoms with E-state index in [2.05, 4.69) is 24.1 Å². The third kappa shape index (κ3) is 3.37. The van der Waals surface area contributed by atoms with Crippen LogP contribution in [0.5, 0.6) is 0 Å². The van der Waals surface area contributed by atoms with E-state index in [1.54, 1.807) is 12.1 Å². The lowest BCUT2D eigenvalue weighted by Crippen LogP contribution is -2.44. The van der Waals surface area contributed by atoms with Gasteiger partial charge in [-0.1, -0.05) is 0 Å². The maximum atomic E-state index is 10.9. The van der Waals surface area contributed by atoms with E-state index in [-0.39, 0.29) is 11.1 Å². The van der Waals surface area contributed by atoms with E-state index in [1.807, 2.05) is 14.1 Å². The average molecular weight is 251 g/mol. The Hall–Kier alpha value is -1.75. The van der Waals surface area contributed by atoms with Gasteiger partial charge in [-0.25, -0.2) is 4.79 Å². The minimum absolute atomic E-state index is 0.0499. The highest BCUT2D eigenvalue weighted by molar-refractivity contribution is 5.90. The van der Waals surface area contributed by atoms with Gasteiger partial charge in [0.25, 0.3) is 0 Å². The minimum Gasteiger partial charge on any atom is -0.478 e. The number of carboxylic acids is 1. The van der Waals surface area contributed by atoms with E-state index >= 15 is 0 Å². The van der Waals surface area contributed by atoms with Crippen LogP contribution in [0.25, 0.3) is 0 Å². The van der Waals surface area contributed by atoms with E-state index in [9.17, 15) is 4.79 Å². The molecule has 0 saturated heterocycles. The molecule has 0 amide bonds. The Morgan fingerprint density at radius 1 is 1.44 bits per heavy atom. The van der Waals surface area contributed by atoms with Crippen LogP contribution in [0.1, 0.15) is 24.2 Å². The standard InChI is InChI=1S/C13H21N3O2/c1-13(2,16(3)4)8-15-11-7-9(12(17)18)5-6-10(11)14/h5-7,15H,8,14H2,1-4H3,(H,17,18). The second-order valence-electron chi connectivity index (χ2n) is 5.17. The zero-order valence-electron chi connectivity index (χ0n) is 11.3. The van der Waals surface area contributed by atoms with Crippen LogP contribution in [0, 0.1) is 0 Å². The Labute approximate surface area is 108 Å². The third-order valence-electron chi connectivity index (χ3n) is 3.22. The van der Waals surface area contributed by atoms with Crippen LogP contribution in [0.15, 0.2) is 18.2 Å². The van der Waals surface area contributed by atoms with Crippen molar-refractivity contribution in [2.45, 2.75) is 19.4 Å². The van der Waals surface area contributed by atoms with Crippen molar-refractivity contribution >= 4 is 17.3 Å². The first-order valence-electron chi connectivity index (χ1n) is 5.78. The van der Waals surface area contributed by atoms with Crippen LogP contribution in [-0.2, 0) is 0 Å². The van der Waals surface area contributed by atoms with Crippen LogP contribution in [-0.4, -0.2) is 42.2 Å². The van der Waals surface area contributed by atoms with E-state index in [1.165, 1.54) is 6.07 Å². The normalized spacial score (nSPS) is 11.6. The number of anilines is 2. The van der Waals surface area contributed by atoms with Crippen LogP contribution in [0.2, 0.25) is 0 Å². The highest BCUT2D eigenvalue weighted by Crippen LogP contribution is 2.21. The third-order valence-corrected chi connectivity index (χ3v) is 3.22. The largest absolute Gasteiger partial charge is 0.478 e. The smallest absolute Gasteiger partial charge is 0.335 e. The predicted octanol–water partition coefficient (Wildman–Crippen LogP) is 1.72. The molecule has 0 unspecified atom stereocenters. The van der Waals surface area contributed by atoms with Gasteiger partial charge in [0.2, 0.25) is 0 Å². The molecule has 0 atom stereocenters. The van der Waals surface area contributed by atoms with Gasteiger partial charge in [0.05, 0.1) is 16.9 Å². The summed E-state index contributed by atoms with van der Waals surface area (Å²) >= 11 is 0. The molecule has 100 valence electrons. The monoisotopic (exact) mass is 251 g/mol. The number of rotatable bonds is 5. The van der Waals surface area contributed by atoms with Crippen LogP contribution in [0.4, 0.5) is 11.4 Å². The van der Waals surface area contributed by atoms with Gasteiger partial charge in [-0.3, -0.25) is 0 Å². The molecule has 1 aromatic rings. The summed E-state index contributed by atoms with van der Waals surface area (Å²) in [5.41, 5.74) is 7.21. The van der Waals surface area contributed by atoms with E-state index in [0.29, 0.717) is 17.9 Å². The summed E-state index contributed by atoms with van der Waals surface area (Å²) in [7, 11) is 4.00. The lowest BCUT2D eigenvalue weighted by molar-refractivity contribution is 0.0697. The number of carbonyl (C=O) groups is 1. The highest BCUT2D eigenvalue weighted by Gasteiger charge is 2.20. The number of carboxylic acid groups (broad SMARTS) is 1. The second-order valence-corrected chi connectivity index (χ2v) is 5.17. The molecule has 0 spiro atoms. The maximum absolute atomic E-state index is 10.9. The lowest BCUT2D eigenvalue weighted by atomic mass is 10.0. The van der Waals surface area contributed by atoms with Crippen molar-refractivity contribution < 1.29 is 9.90 Å². The van der Waals surface area contributed by atoms with E-state index in [4.69, 9.17) is 10.8 Å². The topological polar surface area (TPSA) is 78.6 Å². The maximum Gasteiger partial charge on any atom is 0.335 e. The van der Waals surface area contributed by atoms with E-state index in [0.717, 1.165) is 0 Å². The van der Waals surface area contributed by atoms with Crippen molar-refractivity contribution in [2.75, 3.05) is 31.7 Å². The summed E-state index contributed by atoms with van der Waals surface area (Å²) in [5.74, 6) is -0.954. The summed E-state index contributed by atoms with van der Waals surface area (Å²) in [6.45, 7) is 4.86. The highest BCUT2D eigenvalue weighted by atomic mass is 16.4. The van der Waals surface area contributed by atoms with Gasteiger partial charge in [0, 0.05) is 12.1 Å². The zero-order valence-corrected chi connectivity index (χ0v) is 11.3. The van der Waals surface area contributed by atoms with Gasteiger partial charge < -0.3 is 21.1 Å². The Bertz CT molecular complexity index is 442. The number of nitrogens with one attached hydrogen (secondary N) is 1. The number of hydrogen-bond donors (Lipinski definition) is 3. The molecule has 5 heteroatoms. The molecule has 5 nitrogen and oxygen atoms in total. The first-order chi connectivity index (χ1) is 8.24. The van der Waals surface area contributed by atoms with E-state index < -0.39 is 5.97 Å². The fraction of sp³-hybridized carbons (Fsp3) is 0.462. The van der Waals surface area contributed by atoms with Crippen molar-refractivity contribution in [1.82, 2.24) is 4.90 Å². The fourth-order valence-corrected chi connectivity index (χ4v) is 1.31. The zero-order chi connectivity index (χ0) is 13.9. The number of aromatic carboxylic acids is 1. The van der Waals surface area contributed by atoms with Gasteiger partial charge in [-0.2, -0.15) is 0 Å². The van der Waals surface area contributed by atoms with Gasteiger partial charge in [-0.05, 0) is 46.1 Å². The molecule has 0 aliphatic heterocycles. The van der Waals surface area contributed by atoms with Crippen molar-refractivity contribution in [2.24, 2.45) is 0 Å². The molecule has 1 rings (SSSR count). The molecule has 0 aromatic heterocycles. The molecule has 0 aliphatic rings. The molecule has 0 fully saturated rings. The fourth-order valence-electron chi connectivity index (χ4n) is 1.31. The minimum atomic E-state index is -0.954. The Morgan fingerprint density at radius 2 is 2.06 bits per heavy atom. The first kappa shape index (κ1) is 14.3. The number of nitrogen functional groups attached to an aromatic ring is 1. The molecular weight excluding hydrogens is 230 g/mol. The predicted molar refractivity (Wildman–Crippen MR) is 74.1 cm³/mol. The molecule has 0 radical (unpaired) electrons. The Morgan fingerprint density at radius 3 is 2.56 bits per heavy atom. The summed E-state index contributed by atoms with van der Waals surface area (Å²) in [5, 5.41) is 12.1. The van der Waals surface area contributed by atoms with Gasteiger partial charge >= 0.3 is 5.97 Å². The lowest BCUT2D eigenvalue weighted by Gasteiger charge is -2.33. The molecule has 18 heavy (non-hydrogen) atoms. The molecule has 0 aliphatic carbocycles. The Balaban J connectivity index is 2.85. The van der Waals surface area contributed by atoms with Crippen molar-refractivity contribution in [3.05, 3.63) is 23.8 Å². The number of nitrogens with zero attached hydrogens (tertiary/aromatic N) is 1. The van der Waals surface area contributed by atoms with Crippen LogP contribution >= 0.6 is 0 Å². The van der Waals surface area contributed by atoms with Gasteiger partial charge in [0.1, 0.15) is 0 Å². The SMILES string of the molecule is CN(C)C(C)(C)CNc1cc(C(=O)O)ccc1N. The summed E-state index contributed by atoms with van der Waals surface area (Å²) in [4.78, 5) is 13.0. The quantitative estimate of drug-likeness (QED) is 0.694. The molecule has 1 aromatic carbocycles. The molecular formula is C13H21N3O2. The number of likely N-dealkylation sites (N-methyl/N-ethyl adjacent to an activating group) is 1. The summed E-state index contributed by atoms with van der Waals surface area (Å²) in [6.07, 6.45) is 0. The number of benzene rings is 1. The molecule has 0 saturated carbocycles. The molecule has 4 N–H and O–H groups in total. The summed E-state index contributed by atoms with van der Waals surface area (Å²) in [6, 6.07) is 4.66. The van der Waals surface area contributed by atoms with Crippen LogP contribution in [0.3, 0.4) is 0 Å². The number of hydrogen-bond acceptors (Lipinski definition) is 4. The van der Waals surface area contributed by atoms with Crippen LogP contribution < -0.4 is 11.1 Å². The van der Waals surface area contributed by atoms with Crippen molar-refractivity contribution in [3.63, 3.8) is 0 Å². The molecule has 0 bridgehead atoms. The first-order valence-corrected chi connectivity index (χ1v) is 5.78. The molecule has 0 heterocycles. The summed E-state index contributed by atoms with van der Waals surface area (Å²) < 4.78 is 0. The van der Waals surface area contributed by atoms with Crippen molar-refractivity contribution in [3.8, 4) is 0 Å². The van der Waals surface area contributed by atoms with Gasteiger partial charge in [0.15, 0.2) is 0 Å². The average Bonchev–Trinajstić information content (AvgIpc) is 2.27.